The van der Waals surface area contributed by atoms with Gasteiger partial charge in [-0.3, -0.25) is 4.79 Å². The molecule has 1 aliphatic heterocycles. The van der Waals surface area contributed by atoms with Crippen molar-refractivity contribution in [3.05, 3.63) is 24.3 Å². The largest absolute Gasteiger partial charge is 0.497 e. The number of ether oxygens (including phenoxy) is 1. The number of methoxy groups -OCH3 is 1. The summed E-state index contributed by atoms with van der Waals surface area (Å²) in [7, 11) is -2.14. The van der Waals surface area contributed by atoms with E-state index in [2.05, 4.69) is 5.32 Å². The number of piperazine rings is 1. The van der Waals surface area contributed by atoms with E-state index in [9.17, 15) is 13.2 Å². The molecule has 1 fully saturated rings. The molecule has 0 spiro atoms. The van der Waals surface area contributed by atoms with Gasteiger partial charge >= 0.3 is 0 Å². The van der Waals surface area contributed by atoms with Crippen LogP contribution >= 0.6 is 0 Å². The standard InChI is InChI=1S/C13H18N2O4S/c1-3-12-13(16)14-8-9-15(12)20(17,18)11-6-4-10(19-2)5-7-11/h4-7,12H,3,8-9H2,1-2H3,(H,14,16). The molecule has 0 radical (unpaired) electrons. The minimum Gasteiger partial charge on any atom is -0.497 e. The van der Waals surface area contributed by atoms with Crippen LogP contribution < -0.4 is 10.1 Å². The Kier molecular flexibility index (Phi) is 4.29. The molecule has 20 heavy (non-hydrogen) atoms. The van der Waals surface area contributed by atoms with Crippen LogP contribution in [0.1, 0.15) is 13.3 Å². The van der Waals surface area contributed by atoms with Gasteiger partial charge in [0, 0.05) is 13.1 Å². The van der Waals surface area contributed by atoms with E-state index in [1.165, 1.54) is 23.5 Å². The average molecular weight is 298 g/mol. The predicted octanol–water partition coefficient (Wildman–Crippen LogP) is 0.594. The van der Waals surface area contributed by atoms with E-state index in [-0.39, 0.29) is 10.8 Å². The van der Waals surface area contributed by atoms with E-state index >= 15 is 0 Å². The highest BCUT2D eigenvalue weighted by Crippen LogP contribution is 2.23. The van der Waals surface area contributed by atoms with Crippen LogP contribution in [0.3, 0.4) is 0 Å². The van der Waals surface area contributed by atoms with Crippen LogP contribution in [0.2, 0.25) is 0 Å². The van der Waals surface area contributed by atoms with Crippen LogP contribution in [0.25, 0.3) is 0 Å². The van der Waals surface area contributed by atoms with Crippen molar-refractivity contribution in [2.24, 2.45) is 0 Å². The second kappa shape index (κ2) is 5.80. The molecule has 1 N–H and O–H groups in total. The smallest absolute Gasteiger partial charge is 0.243 e. The average Bonchev–Trinajstić information content (AvgIpc) is 2.47. The lowest BCUT2D eigenvalue weighted by atomic mass is 10.2. The molecule has 0 saturated carbocycles. The van der Waals surface area contributed by atoms with Gasteiger partial charge in [0.15, 0.2) is 0 Å². The number of hydrogen-bond acceptors (Lipinski definition) is 4. The van der Waals surface area contributed by atoms with Crippen LogP contribution in [0.4, 0.5) is 0 Å². The SMILES string of the molecule is CCC1C(=O)NCCN1S(=O)(=O)c1ccc(OC)cc1. The lowest BCUT2D eigenvalue weighted by Crippen LogP contribution is -2.56. The number of nitrogens with zero attached hydrogens (tertiary/aromatic N) is 1. The molecular weight excluding hydrogens is 280 g/mol. The predicted molar refractivity (Wildman–Crippen MR) is 74.0 cm³/mol. The number of hydrogen-bond donors (Lipinski definition) is 1. The van der Waals surface area contributed by atoms with Crippen LogP contribution in [0.15, 0.2) is 29.2 Å². The van der Waals surface area contributed by atoms with Crippen molar-refractivity contribution in [2.45, 2.75) is 24.3 Å². The van der Waals surface area contributed by atoms with Crippen molar-refractivity contribution in [1.29, 1.82) is 0 Å². The van der Waals surface area contributed by atoms with Gasteiger partial charge in [-0.15, -0.1) is 0 Å². The molecule has 1 unspecified atom stereocenters. The Morgan fingerprint density at radius 3 is 2.55 bits per heavy atom. The van der Waals surface area contributed by atoms with Crippen molar-refractivity contribution in [3.63, 3.8) is 0 Å². The van der Waals surface area contributed by atoms with Crippen LogP contribution in [-0.4, -0.2) is 44.9 Å². The van der Waals surface area contributed by atoms with Gasteiger partial charge in [0.25, 0.3) is 0 Å². The van der Waals surface area contributed by atoms with E-state index < -0.39 is 16.1 Å². The monoisotopic (exact) mass is 298 g/mol. The molecule has 1 aromatic carbocycles. The Labute approximate surface area is 118 Å². The van der Waals surface area contributed by atoms with E-state index in [0.717, 1.165) is 0 Å². The van der Waals surface area contributed by atoms with Crippen molar-refractivity contribution in [1.82, 2.24) is 9.62 Å². The highest BCUT2D eigenvalue weighted by molar-refractivity contribution is 7.89. The second-order valence-corrected chi connectivity index (χ2v) is 6.40. The summed E-state index contributed by atoms with van der Waals surface area (Å²) in [6.07, 6.45) is 0.446. The van der Waals surface area contributed by atoms with Crippen molar-refractivity contribution >= 4 is 15.9 Å². The number of carbonyl (C=O) groups is 1. The van der Waals surface area contributed by atoms with Crippen LogP contribution in [-0.2, 0) is 14.8 Å². The van der Waals surface area contributed by atoms with Gasteiger partial charge in [0.2, 0.25) is 15.9 Å². The number of sulfonamides is 1. The first-order chi connectivity index (χ1) is 9.50. The minimum atomic E-state index is -3.66. The Bertz CT molecular complexity index is 583. The fourth-order valence-corrected chi connectivity index (χ4v) is 3.92. The molecule has 110 valence electrons. The number of amides is 1. The lowest BCUT2D eigenvalue weighted by molar-refractivity contribution is -0.126. The molecule has 0 aromatic heterocycles. The molecule has 1 atom stereocenters. The molecule has 1 aromatic rings. The maximum atomic E-state index is 12.6. The molecular formula is C13H18N2O4S. The van der Waals surface area contributed by atoms with E-state index in [1.807, 2.05) is 0 Å². The fraction of sp³-hybridized carbons (Fsp3) is 0.462. The van der Waals surface area contributed by atoms with Crippen LogP contribution in [0.5, 0.6) is 5.75 Å². The summed E-state index contributed by atoms with van der Waals surface area (Å²) in [5.41, 5.74) is 0. The molecule has 2 rings (SSSR count). The summed E-state index contributed by atoms with van der Waals surface area (Å²) in [6, 6.07) is 5.53. The van der Waals surface area contributed by atoms with Gasteiger partial charge < -0.3 is 10.1 Å². The zero-order valence-electron chi connectivity index (χ0n) is 11.5. The third kappa shape index (κ3) is 2.64. The summed E-state index contributed by atoms with van der Waals surface area (Å²) in [5, 5.41) is 2.69. The second-order valence-electron chi connectivity index (χ2n) is 4.51. The molecule has 6 nitrogen and oxygen atoms in total. The van der Waals surface area contributed by atoms with Gasteiger partial charge in [-0.2, -0.15) is 4.31 Å². The van der Waals surface area contributed by atoms with E-state index in [4.69, 9.17) is 4.74 Å². The van der Waals surface area contributed by atoms with Crippen LogP contribution in [0, 0.1) is 0 Å². The summed E-state index contributed by atoms with van der Waals surface area (Å²) in [5.74, 6) is 0.350. The quantitative estimate of drug-likeness (QED) is 0.883. The Morgan fingerprint density at radius 1 is 1.35 bits per heavy atom. The molecule has 1 heterocycles. The highest BCUT2D eigenvalue weighted by atomic mass is 32.2. The first kappa shape index (κ1) is 14.8. The maximum Gasteiger partial charge on any atom is 0.243 e. The van der Waals surface area contributed by atoms with Crippen molar-refractivity contribution in [2.75, 3.05) is 20.2 Å². The van der Waals surface area contributed by atoms with E-state index in [1.54, 1.807) is 19.1 Å². The van der Waals surface area contributed by atoms with Gasteiger partial charge in [-0.05, 0) is 30.7 Å². The molecule has 7 heteroatoms. The highest BCUT2D eigenvalue weighted by Gasteiger charge is 2.37. The first-order valence-corrected chi connectivity index (χ1v) is 7.88. The lowest BCUT2D eigenvalue weighted by Gasteiger charge is -2.33. The number of rotatable bonds is 4. The Morgan fingerprint density at radius 2 is 2.00 bits per heavy atom. The zero-order chi connectivity index (χ0) is 14.8. The van der Waals surface area contributed by atoms with Crippen molar-refractivity contribution < 1.29 is 17.9 Å². The van der Waals surface area contributed by atoms with Gasteiger partial charge in [-0.25, -0.2) is 8.42 Å². The van der Waals surface area contributed by atoms with Gasteiger partial charge in [0.1, 0.15) is 11.8 Å². The van der Waals surface area contributed by atoms with Crippen molar-refractivity contribution in [3.8, 4) is 5.75 Å². The third-order valence-corrected chi connectivity index (χ3v) is 5.26. The molecule has 1 aliphatic rings. The molecule has 1 saturated heterocycles. The van der Waals surface area contributed by atoms with E-state index in [0.29, 0.717) is 25.3 Å². The van der Waals surface area contributed by atoms with Gasteiger partial charge in [0.05, 0.1) is 12.0 Å². The van der Waals surface area contributed by atoms with Gasteiger partial charge in [-0.1, -0.05) is 6.92 Å². The summed E-state index contributed by atoms with van der Waals surface area (Å²) in [4.78, 5) is 11.9. The number of carbonyl (C=O) groups excluding carboxylic acids is 1. The first-order valence-electron chi connectivity index (χ1n) is 6.44. The molecule has 1 amide bonds. The zero-order valence-corrected chi connectivity index (χ0v) is 12.3. The summed E-state index contributed by atoms with van der Waals surface area (Å²) < 4.78 is 31.5. The minimum absolute atomic E-state index is 0.173. The third-order valence-electron chi connectivity index (χ3n) is 3.33. The Hall–Kier alpha value is -1.60. The Balaban J connectivity index is 2.34. The number of nitrogens with one attached hydrogen (secondary N) is 1. The molecule has 0 bridgehead atoms. The fourth-order valence-electron chi connectivity index (χ4n) is 2.25. The summed E-state index contributed by atoms with van der Waals surface area (Å²) in [6.45, 7) is 2.43. The normalized spacial score (nSPS) is 20.5. The summed E-state index contributed by atoms with van der Waals surface area (Å²) >= 11 is 0. The molecule has 0 aliphatic carbocycles. The topological polar surface area (TPSA) is 75.7 Å². The maximum absolute atomic E-state index is 12.6. The number of benzene rings is 1.